The van der Waals surface area contributed by atoms with Gasteiger partial charge in [0.1, 0.15) is 17.8 Å². The van der Waals surface area contributed by atoms with Gasteiger partial charge in [0.15, 0.2) is 0 Å². The van der Waals surface area contributed by atoms with Gasteiger partial charge in [0.05, 0.1) is 11.5 Å². The highest BCUT2D eigenvalue weighted by Gasteiger charge is 2.50. The highest BCUT2D eigenvalue weighted by Crippen LogP contribution is 2.39. The summed E-state index contributed by atoms with van der Waals surface area (Å²) in [6, 6.07) is 0.881. The molecule has 3 rings (SSSR count). The number of carbonyl (C=O) groups excluding carboxylic acids is 1. The molecular formula is C14H17F3N4O2. The molecule has 23 heavy (non-hydrogen) atoms. The van der Waals surface area contributed by atoms with Gasteiger partial charge in [0, 0.05) is 25.7 Å². The number of carbonyl (C=O) groups is 1. The Kier molecular flexibility index (Phi) is 3.91. The van der Waals surface area contributed by atoms with Crippen molar-refractivity contribution in [2.75, 3.05) is 24.5 Å². The first-order valence-electron chi connectivity index (χ1n) is 7.43. The van der Waals surface area contributed by atoms with Crippen molar-refractivity contribution in [1.82, 2.24) is 15.3 Å². The first-order valence-corrected chi connectivity index (χ1v) is 7.43. The summed E-state index contributed by atoms with van der Waals surface area (Å²) in [5.74, 6) is -0.122. The normalized spacial score (nSPS) is 28.8. The summed E-state index contributed by atoms with van der Waals surface area (Å²) in [7, 11) is 0. The van der Waals surface area contributed by atoms with E-state index in [1.165, 1.54) is 0 Å². The van der Waals surface area contributed by atoms with Gasteiger partial charge in [0.2, 0.25) is 5.91 Å². The first kappa shape index (κ1) is 16.0. The van der Waals surface area contributed by atoms with Gasteiger partial charge in [-0.1, -0.05) is 0 Å². The standard InChI is InChI=1S/C14H17F3N4O2/c15-14(16,17)9-6-11(20-8-19-9)21-5-2-10(22)13(7-21)3-1-4-18-12(13)23/h6,8,10,22H,1-5,7H2,(H,18,23)/t10-,13-/m1/s1. The number of nitrogens with one attached hydrogen (secondary N) is 1. The van der Waals surface area contributed by atoms with Gasteiger partial charge in [-0.2, -0.15) is 13.2 Å². The Morgan fingerprint density at radius 1 is 1.39 bits per heavy atom. The molecule has 2 fully saturated rings. The lowest BCUT2D eigenvalue weighted by Gasteiger charge is -2.47. The van der Waals surface area contributed by atoms with Crippen molar-refractivity contribution in [3.05, 3.63) is 18.1 Å². The van der Waals surface area contributed by atoms with Gasteiger partial charge in [-0.3, -0.25) is 4.79 Å². The highest BCUT2D eigenvalue weighted by atomic mass is 19.4. The molecule has 1 spiro atoms. The average Bonchev–Trinajstić information content (AvgIpc) is 2.52. The van der Waals surface area contributed by atoms with E-state index in [-0.39, 0.29) is 18.3 Å². The van der Waals surface area contributed by atoms with Crippen molar-refractivity contribution in [2.24, 2.45) is 5.41 Å². The predicted molar refractivity (Wildman–Crippen MR) is 74.5 cm³/mol. The lowest BCUT2D eigenvalue weighted by molar-refractivity contribution is -0.143. The van der Waals surface area contributed by atoms with Crippen LogP contribution in [0.4, 0.5) is 19.0 Å². The number of nitrogens with zero attached hydrogens (tertiary/aromatic N) is 3. The Morgan fingerprint density at radius 2 is 2.17 bits per heavy atom. The molecule has 126 valence electrons. The maximum absolute atomic E-state index is 12.8. The Labute approximate surface area is 130 Å². The SMILES string of the molecule is O=C1NCCC[C@]12CN(c1cc(C(F)(F)F)ncn1)CC[C@H]2O. The van der Waals surface area contributed by atoms with Crippen LogP contribution in [0.25, 0.3) is 0 Å². The van der Waals surface area contributed by atoms with Crippen LogP contribution in [0.3, 0.4) is 0 Å². The third-order valence-corrected chi connectivity index (χ3v) is 4.59. The van der Waals surface area contributed by atoms with Gasteiger partial charge >= 0.3 is 6.18 Å². The number of aliphatic hydroxyl groups is 1. The second-order valence-electron chi connectivity index (χ2n) is 6.00. The average molecular weight is 330 g/mol. The van der Waals surface area contributed by atoms with Crippen LogP contribution in [0.15, 0.2) is 12.4 Å². The first-order chi connectivity index (χ1) is 10.8. The number of halogens is 3. The zero-order valence-corrected chi connectivity index (χ0v) is 12.3. The van der Waals surface area contributed by atoms with Gasteiger partial charge in [-0.15, -0.1) is 0 Å². The molecule has 0 bridgehead atoms. The van der Waals surface area contributed by atoms with Crippen LogP contribution in [0.1, 0.15) is 25.0 Å². The fourth-order valence-corrected chi connectivity index (χ4v) is 3.31. The quantitative estimate of drug-likeness (QED) is 0.802. The van der Waals surface area contributed by atoms with Crippen LogP contribution in [0.5, 0.6) is 0 Å². The molecule has 2 atom stereocenters. The summed E-state index contributed by atoms with van der Waals surface area (Å²) < 4.78 is 38.4. The minimum absolute atomic E-state index is 0.122. The molecule has 6 nitrogen and oxygen atoms in total. The number of rotatable bonds is 1. The third-order valence-electron chi connectivity index (χ3n) is 4.59. The van der Waals surface area contributed by atoms with Crippen molar-refractivity contribution in [1.29, 1.82) is 0 Å². The molecule has 0 radical (unpaired) electrons. The Morgan fingerprint density at radius 3 is 2.87 bits per heavy atom. The van der Waals surface area contributed by atoms with Crippen molar-refractivity contribution in [3.8, 4) is 0 Å². The summed E-state index contributed by atoms with van der Waals surface area (Å²) in [4.78, 5) is 21.0. The lowest BCUT2D eigenvalue weighted by atomic mass is 9.71. The molecule has 2 aliphatic rings. The molecule has 1 aromatic heterocycles. The molecule has 0 aliphatic carbocycles. The van der Waals surface area contributed by atoms with Crippen LogP contribution < -0.4 is 10.2 Å². The molecule has 9 heteroatoms. The molecule has 1 aromatic rings. The molecular weight excluding hydrogens is 313 g/mol. The molecule has 2 N–H and O–H groups in total. The number of amides is 1. The topological polar surface area (TPSA) is 78.4 Å². The fraction of sp³-hybridized carbons (Fsp3) is 0.643. The summed E-state index contributed by atoms with van der Waals surface area (Å²) in [5.41, 5.74) is -2.00. The second kappa shape index (κ2) is 5.63. The third kappa shape index (κ3) is 2.85. The van der Waals surface area contributed by atoms with Gasteiger partial charge in [-0.25, -0.2) is 9.97 Å². The molecule has 2 aliphatic heterocycles. The van der Waals surface area contributed by atoms with E-state index >= 15 is 0 Å². The van der Waals surface area contributed by atoms with Gasteiger partial charge in [-0.05, 0) is 19.3 Å². The number of anilines is 1. The van der Waals surface area contributed by atoms with Crippen molar-refractivity contribution in [2.45, 2.75) is 31.5 Å². The fourth-order valence-electron chi connectivity index (χ4n) is 3.31. The lowest BCUT2D eigenvalue weighted by Crippen LogP contribution is -2.61. The van der Waals surface area contributed by atoms with Crippen LogP contribution >= 0.6 is 0 Å². The van der Waals surface area contributed by atoms with E-state index in [0.29, 0.717) is 25.9 Å². The van der Waals surface area contributed by atoms with E-state index < -0.39 is 23.4 Å². The van der Waals surface area contributed by atoms with E-state index in [1.807, 2.05) is 0 Å². The highest BCUT2D eigenvalue weighted by molar-refractivity contribution is 5.85. The molecule has 0 saturated carbocycles. The molecule has 3 heterocycles. The molecule has 1 amide bonds. The minimum Gasteiger partial charge on any atom is -0.392 e. The summed E-state index contributed by atoms with van der Waals surface area (Å²) in [5, 5.41) is 13.0. The smallest absolute Gasteiger partial charge is 0.392 e. The van der Waals surface area contributed by atoms with Gasteiger partial charge < -0.3 is 15.3 Å². The largest absolute Gasteiger partial charge is 0.433 e. The Bertz CT molecular complexity index is 610. The van der Waals surface area contributed by atoms with Crippen molar-refractivity contribution < 1.29 is 23.1 Å². The van der Waals surface area contributed by atoms with Crippen LogP contribution in [-0.4, -0.2) is 46.7 Å². The van der Waals surface area contributed by atoms with Crippen LogP contribution in [-0.2, 0) is 11.0 Å². The predicted octanol–water partition coefficient (Wildman–Crippen LogP) is 0.963. The monoisotopic (exact) mass is 330 g/mol. The zero-order chi connectivity index (χ0) is 16.7. The van der Waals surface area contributed by atoms with E-state index in [1.54, 1.807) is 4.90 Å². The Hall–Kier alpha value is -1.90. The molecule has 2 saturated heterocycles. The number of hydrogen-bond acceptors (Lipinski definition) is 5. The zero-order valence-electron chi connectivity index (χ0n) is 12.3. The maximum Gasteiger partial charge on any atom is 0.433 e. The summed E-state index contributed by atoms with van der Waals surface area (Å²) >= 11 is 0. The van der Waals surface area contributed by atoms with E-state index in [4.69, 9.17) is 0 Å². The summed E-state index contributed by atoms with van der Waals surface area (Å²) in [6.07, 6.45) is -2.94. The maximum atomic E-state index is 12.8. The van der Waals surface area contributed by atoms with Gasteiger partial charge in [0.25, 0.3) is 0 Å². The Balaban J connectivity index is 1.88. The van der Waals surface area contributed by atoms with Crippen LogP contribution in [0.2, 0.25) is 0 Å². The van der Waals surface area contributed by atoms with Crippen molar-refractivity contribution in [3.63, 3.8) is 0 Å². The van der Waals surface area contributed by atoms with Crippen LogP contribution in [0, 0.1) is 5.41 Å². The summed E-state index contributed by atoms with van der Waals surface area (Å²) in [6.45, 7) is 1.04. The second-order valence-corrected chi connectivity index (χ2v) is 6.00. The van der Waals surface area contributed by atoms with E-state index in [2.05, 4.69) is 15.3 Å². The molecule has 0 aromatic carbocycles. The van der Waals surface area contributed by atoms with Crippen molar-refractivity contribution >= 4 is 11.7 Å². The number of piperidine rings is 2. The molecule has 0 unspecified atom stereocenters. The van der Waals surface area contributed by atoms with E-state index in [0.717, 1.165) is 18.8 Å². The number of aromatic nitrogens is 2. The minimum atomic E-state index is -4.55. The number of aliphatic hydroxyl groups excluding tert-OH is 1. The number of alkyl halides is 3. The van der Waals surface area contributed by atoms with E-state index in [9.17, 15) is 23.1 Å². The number of hydrogen-bond donors (Lipinski definition) is 2.